The van der Waals surface area contributed by atoms with Gasteiger partial charge in [0.05, 0.1) is 19.2 Å². The minimum absolute atomic E-state index is 0. The minimum atomic E-state index is -0.237. The van der Waals surface area contributed by atoms with E-state index >= 15 is 0 Å². The summed E-state index contributed by atoms with van der Waals surface area (Å²) in [5, 5.41) is 12.2. The lowest BCUT2D eigenvalue weighted by atomic mass is 10.1. The Hall–Kier alpha value is -1.75. The SMILES string of the molecule is CN=C(NCc1nnc2n1CCCCC2)N1CC(C)OC(c2ccc(F)cc2)C1.I. The average molecular weight is 528 g/mol. The van der Waals surface area contributed by atoms with E-state index in [-0.39, 0.29) is 42.0 Å². The molecule has 0 aliphatic carbocycles. The van der Waals surface area contributed by atoms with Crippen LogP contribution < -0.4 is 5.32 Å². The number of halogens is 2. The van der Waals surface area contributed by atoms with Crippen molar-refractivity contribution in [3.05, 3.63) is 47.3 Å². The Balaban J connectivity index is 0.00000256. The van der Waals surface area contributed by atoms with Crippen molar-refractivity contribution in [1.82, 2.24) is 25.0 Å². The first-order chi connectivity index (χ1) is 14.1. The molecule has 2 unspecified atom stereocenters. The number of nitrogens with zero attached hydrogens (tertiary/aromatic N) is 5. The predicted octanol–water partition coefficient (Wildman–Crippen LogP) is 3.30. The predicted molar refractivity (Wildman–Crippen MR) is 124 cm³/mol. The molecule has 2 aliphatic rings. The number of guanidine groups is 1. The number of aromatic nitrogens is 3. The molecule has 7 nitrogen and oxygen atoms in total. The normalized spacial score (nSPS) is 22.1. The summed E-state index contributed by atoms with van der Waals surface area (Å²) in [6, 6.07) is 6.54. The monoisotopic (exact) mass is 528 g/mol. The highest BCUT2D eigenvalue weighted by Gasteiger charge is 2.28. The van der Waals surface area contributed by atoms with Crippen LogP contribution in [-0.4, -0.2) is 51.9 Å². The smallest absolute Gasteiger partial charge is 0.194 e. The second kappa shape index (κ2) is 10.5. The number of hydrogen-bond donors (Lipinski definition) is 1. The van der Waals surface area contributed by atoms with Crippen molar-refractivity contribution in [2.75, 3.05) is 20.1 Å². The second-order valence-electron chi connectivity index (χ2n) is 7.79. The van der Waals surface area contributed by atoms with Crippen molar-refractivity contribution in [2.24, 2.45) is 4.99 Å². The fourth-order valence-corrected chi connectivity index (χ4v) is 4.15. The van der Waals surface area contributed by atoms with E-state index in [1.165, 1.54) is 31.4 Å². The van der Waals surface area contributed by atoms with Gasteiger partial charge in [0.2, 0.25) is 0 Å². The van der Waals surface area contributed by atoms with Gasteiger partial charge in [-0.15, -0.1) is 34.2 Å². The lowest BCUT2D eigenvalue weighted by Crippen LogP contribution is -2.50. The van der Waals surface area contributed by atoms with Crippen molar-refractivity contribution in [2.45, 2.75) is 57.9 Å². The molecule has 0 saturated carbocycles. The molecule has 3 heterocycles. The van der Waals surface area contributed by atoms with Crippen LogP contribution in [0, 0.1) is 5.82 Å². The molecular formula is C21H30FIN6O. The van der Waals surface area contributed by atoms with E-state index in [0.29, 0.717) is 13.1 Å². The highest BCUT2D eigenvalue weighted by atomic mass is 127. The Morgan fingerprint density at radius 2 is 2.00 bits per heavy atom. The second-order valence-corrected chi connectivity index (χ2v) is 7.79. The van der Waals surface area contributed by atoms with Crippen LogP contribution in [0.25, 0.3) is 0 Å². The molecule has 0 radical (unpaired) electrons. The highest BCUT2D eigenvalue weighted by molar-refractivity contribution is 14.0. The van der Waals surface area contributed by atoms with E-state index in [0.717, 1.165) is 42.7 Å². The number of aliphatic imine (C=N–C) groups is 1. The third-order valence-electron chi connectivity index (χ3n) is 5.60. The van der Waals surface area contributed by atoms with Gasteiger partial charge in [0, 0.05) is 26.6 Å². The van der Waals surface area contributed by atoms with Gasteiger partial charge in [-0.3, -0.25) is 4.99 Å². The van der Waals surface area contributed by atoms with Crippen LogP contribution in [0.1, 0.15) is 49.5 Å². The summed E-state index contributed by atoms with van der Waals surface area (Å²) >= 11 is 0. The summed E-state index contributed by atoms with van der Waals surface area (Å²) in [5.74, 6) is 2.63. The molecule has 2 aromatic rings. The van der Waals surface area contributed by atoms with Gasteiger partial charge in [0.25, 0.3) is 0 Å². The van der Waals surface area contributed by atoms with Gasteiger partial charge in [0.15, 0.2) is 11.8 Å². The fourth-order valence-electron chi connectivity index (χ4n) is 4.15. The first kappa shape index (κ1) is 22.9. The molecule has 1 aromatic carbocycles. The van der Waals surface area contributed by atoms with E-state index in [4.69, 9.17) is 4.74 Å². The van der Waals surface area contributed by atoms with Gasteiger partial charge in [0.1, 0.15) is 17.7 Å². The fraction of sp³-hybridized carbons (Fsp3) is 0.571. The zero-order valence-electron chi connectivity index (χ0n) is 17.6. The minimum Gasteiger partial charge on any atom is -0.367 e. The van der Waals surface area contributed by atoms with E-state index in [9.17, 15) is 4.39 Å². The summed E-state index contributed by atoms with van der Waals surface area (Å²) in [4.78, 5) is 6.67. The van der Waals surface area contributed by atoms with Crippen molar-refractivity contribution in [3.63, 3.8) is 0 Å². The van der Waals surface area contributed by atoms with Crippen LogP contribution in [0.5, 0.6) is 0 Å². The quantitative estimate of drug-likeness (QED) is 0.377. The molecule has 1 aromatic heterocycles. The number of morpholine rings is 1. The number of nitrogens with one attached hydrogen (secondary N) is 1. The first-order valence-electron chi connectivity index (χ1n) is 10.4. The first-order valence-corrected chi connectivity index (χ1v) is 10.4. The maximum absolute atomic E-state index is 13.3. The Morgan fingerprint density at radius 1 is 1.20 bits per heavy atom. The van der Waals surface area contributed by atoms with Gasteiger partial charge in [-0.25, -0.2) is 4.39 Å². The Kier molecular flexibility index (Phi) is 8.04. The molecule has 9 heteroatoms. The molecule has 0 spiro atoms. The summed E-state index contributed by atoms with van der Waals surface area (Å²) < 4.78 is 21.6. The van der Waals surface area contributed by atoms with Crippen LogP contribution in [0.2, 0.25) is 0 Å². The molecule has 2 atom stereocenters. The van der Waals surface area contributed by atoms with Gasteiger partial charge < -0.3 is 19.5 Å². The lowest BCUT2D eigenvalue weighted by molar-refractivity contribution is -0.0605. The number of fused-ring (bicyclic) bond motifs is 1. The van der Waals surface area contributed by atoms with Crippen LogP contribution in [0.3, 0.4) is 0 Å². The highest BCUT2D eigenvalue weighted by Crippen LogP contribution is 2.25. The van der Waals surface area contributed by atoms with Gasteiger partial charge in [-0.2, -0.15) is 0 Å². The van der Waals surface area contributed by atoms with Gasteiger partial charge in [-0.05, 0) is 37.5 Å². The zero-order chi connectivity index (χ0) is 20.2. The van der Waals surface area contributed by atoms with Crippen molar-refractivity contribution >= 4 is 29.9 Å². The number of ether oxygens (including phenoxy) is 1. The molecule has 1 fully saturated rings. The number of hydrogen-bond acceptors (Lipinski definition) is 4. The van der Waals surface area contributed by atoms with E-state index in [1.807, 2.05) is 6.92 Å². The third-order valence-corrected chi connectivity index (χ3v) is 5.60. The summed E-state index contributed by atoms with van der Waals surface area (Å²) in [6.07, 6.45) is 4.52. The molecule has 2 aliphatic heterocycles. The lowest BCUT2D eigenvalue weighted by Gasteiger charge is -2.38. The van der Waals surface area contributed by atoms with Crippen LogP contribution >= 0.6 is 24.0 Å². The largest absolute Gasteiger partial charge is 0.367 e. The van der Waals surface area contributed by atoms with E-state index < -0.39 is 0 Å². The summed E-state index contributed by atoms with van der Waals surface area (Å²) in [7, 11) is 1.79. The number of aryl methyl sites for hydroxylation is 1. The van der Waals surface area contributed by atoms with E-state index in [1.54, 1.807) is 19.2 Å². The number of rotatable bonds is 3. The molecule has 0 bridgehead atoms. The molecule has 1 N–H and O–H groups in total. The Morgan fingerprint density at radius 3 is 2.77 bits per heavy atom. The molecule has 164 valence electrons. The molecule has 0 amide bonds. The van der Waals surface area contributed by atoms with Crippen molar-refractivity contribution in [3.8, 4) is 0 Å². The Bertz CT molecular complexity index is 856. The number of benzene rings is 1. The van der Waals surface area contributed by atoms with Crippen molar-refractivity contribution in [1.29, 1.82) is 0 Å². The van der Waals surface area contributed by atoms with Crippen LogP contribution in [-0.2, 0) is 24.2 Å². The molecule has 4 rings (SSSR count). The molecular weight excluding hydrogens is 498 g/mol. The third kappa shape index (κ3) is 5.29. The maximum atomic E-state index is 13.3. The van der Waals surface area contributed by atoms with Gasteiger partial charge in [-0.1, -0.05) is 18.6 Å². The van der Waals surface area contributed by atoms with Crippen molar-refractivity contribution < 1.29 is 9.13 Å². The molecule has 1 saturated heterocycles. The molecule has 30 heavy (non-hydrogen) atoms. The zero-order valence-corrected chi connectivity index (χ0v) is 19.9. The summed E-state index contributed by atoms with van der Waals surface area (Å²) in [6.45, 7) is 5.03. The Labute approximate surface area is 194 Å². The van der Waals surface area contributed by atoms with Gasteiger partial charge >= 0.3 is 0 Å². The van der Waals surface area contributed by atoms with E-state index in [2.05, 4.69) is 30.0 Å². The van der Waals surface area contributed by atoms with Crippen LogP contribution in [0.4, 0.5) is 4.39 Å². The van der Waals surface area contributed by atoms with Crippen LogP contribution in [0.15, 0.2) is 29.3 Å². The standard InChI is InChI=1S/C21H29FN6O.HI/c1-15-13-27(14-18(29-15)16-7-9-17(22)10-8-16)21(23-2)24-12-20-26-25-19-6-4-3-5-11-28(19)20;/h7-10,15,18H,3-6,11-14H2,1-2H3,(H,23,24);1H. The topological polar surface area (TPSA) is 67.6 Å². The summed E-state index contributed by atoms with van der Waals surface area (Å²) in [5.41, 5.74) is 0.973. The maximum Gasteiger partial charge on any atom is 0.194 e. The average Bonchev–Trinajstić information content (AvgIpc) is 2.95.